The second kappa shape index (κ2) is 8.74. The molecule has 2 amide bonds. The molecule has 158 valence electrons. The summed E-state index contributed by atoms with van der Waals surface area (Å²) in [6.45, 7) is 6.59. The zero-order valence-corrected chi connectivity index (χ0v) is 18.1. The Balaban J connectivity index is 1.71. The monoisotopic (exact) mass is 413 g/mol. The normalized spacial score (nSPS) is 15.4. The van der Waals surface area contributed by atoms with Crippen molar-refractivity contribution in [3.05, 3.63) is 88.7 Å². The van der Waals surface area contributed by atoms with Crippen molar-refractivity contribution in [2.45, 2.75) is 33.2 Å². The van der Waals surface area contributed by atoms with Crippen molar-refractivity contribution in [1.29, 1.82) is 0 Å². The molecule has 1 atom stereocenters. The van der Waals surface area contributed by atoms with Crippen molar-refractivity contribution in [1.82, 2.24) is 10.3 Å². The summed E-state index contributed by atoms with van der Waals surface area (Å²) in [5, 5.41) is 3.27. The predicted octanol–water partition coefficient (Wildman–Crippen LogP) is 4.27. The third-order valence-electron chi connectivity index (χ3n) is 5.60. The molecule has 2 N–H and O–H groups in total. The second-order valence-corrected chi connectivity index (χ2v) is 7.90. The maximum Gasteiger partial charge on any atom is 0.265 e. The van der Waals surface area contributed by atoms with E-state index in [1.807, 2.05) is 87.5 Å². The van der Waals surface area contributed by atoms with Crippen LogP contribution in [0.4, 0.5) is 5.69 Å². The summed E-state index contributed by atoms with van der Waals surface area (Å²) in [5.41, 5.74) is 5.99. The Kier molecular flexibility index (Phi) is 5.87. The number of fused-ring (bicyclic) bond motifs is 1. The van der Waals surface area contributed by atoms with E-state index in [1.165, 1.54) is 4.90 Å². The number of amides is 2. The van der Waals surface area contributed by atoms with Gasteiger partial charge < -0.3 is 10.3 Å². The van der Waals surface area contributed by atoms with E-state index in [9.17, 15) is 9.59 Å². The zero-order chi connectivity index (χ0) is 22.0. The lowest BCUT2D eigenvalue weighted by Crippen LogP contribution is -2.49. The summed E-state index contributed by atoms with van der Waals surface area (Å²) >= 11 is 0. The number of H-pyrrole nitrogens is 1. The summed E-state index contributed by atoms with van der Waals surface area (Å²) in [4.78, 5) is 31.7. The number of likely N-dealkylation sites (N-methyl/N-ethyl adjacent to an activating group) is 1. The highest BCUT2D eigenvalue weighted by Crippen LogP contribution is 2.38. The van der Waals surface area contributed by atoms with Crippen LogP contribution >= 0.6 is 0 Å². The van der Waals surface area contributed by atoms with Crippen LogP contribution in [0.3, 0.4) is 0 Å². The molecule has 1 aromatic heterocycles. The van der Waals surface area contributed by atoms with Crippen LogP contribution in [0.25, 0.3) is 11.6 Å². The SMILES string of the molecule is CCNC(Cc1ccccc1)C(=O)N1C(=O)/C(=C\c2[nH]c(C)cc2C)c2ccccc21. The Morgan fingerprint density at radius 2 is 1.81 bits per heavy atom. The van der Waals surface area contributed by atoms with Gasteiger partial charge in [0.15, 0.2) is 0 Å². The van der Waals surface area contributed by atoms with Crippen molar-refractivity contribution in [3.8, 4) is 0 Å². The minimum absolute atomic E-state index is 0.231. The molecule has 0 radical (unpaired) electrons. The Labute approximate surface area is 182 Å². The average molecular weight is 414 g/mol. The van der Waals surface area contributed by atoms with Crippen molar-refractivity contribution in [3.63, 3.8) is 0 Å². The molecule has 1 aliphatic heterocycles. The van der Waals surface area contributed by atoms with Gasteiger partial charge in [-0.1, -0.05) is 55.5 Å². The van der Waals surface area contributed by atoms with Gasteiger partial charge in [0.25, 0.3) is 11.8 Å². The number of imide groups is 1. The molecule has 0 fully saturated rings. The van der Waals surface area contributed by atoms with Crippen LogP contribution in [0.5, 0.6) is 0 Å². The fourth-order valence-corrected chi connectivity index (χ4v) is 4.14. The van der Waals surface area contributed by atoms with Gasteiger partial charge in [0.1, 0.15) is 0 Å². The highest BCUT2D eigenvalue weighted by atomic mass is 16.2. The standard InChI is InChI=1S/C26H27N3O2/c1-4-27-23(15-19-10-6-5-7-11-19)26(31)29-24-13-9-8-12-20(24)21(25(29)30)16-22-17(2)14-18(3)28-22/h5-14,16,23,27-28H,4,15H2,1-3H3/b21-16-. The minimum atomic E-state index is -0.488. The number of aromatic nitrogens is 1. The molecule has 0 saturated heterocycles. The number of aryl methyl sites for hydroxylation is 2. The molecule has 3 aromatic rings. The maximum absolute atomic E-state index is 13.6. The van der Waals surface area contributed by atoms with Gasteiger partial charge in [0.2, 0.25) is 0 Å². The number of aromatic amines is 1. The molecule has 2 heterocycles. The number of para-hydroxylation sites is 1. The maximum atomic E-state index is 13.6. The van der Waals surface area contributed by atoms with E-state index in [4.69, 9.17) is 0 Å². The molecule has 0 saturated carbocycles. The number of nitrogens with zero attached hydrogens (tertiary/aromatic N) is 1. The average Bonchev–Trinajstić information content (AvgIpc) is 3.23. The molecule has 5 nitrogen and oxygen atoms in total. The zero-order valence-electron chi connectivity index (χ0n) is 18.1. The van der Waals surface area contributed by atoms with Crippen molar-refractivity contribution in [2.75, 3.05) is 11.4 Å². The number of benzene rings is 2. The summed E-state index contributed by atoms with van der Waals surface area (Å²) < 4.78 is 0. The van der Waals surface area contributed by atoms with Crippen LogP contribution in [0.2, 0.25) is 0 Å². The number of anilines is 1. The van der Waals surface area contributed by atoms with Crippen molar-refractivity contribution >= 4 is 29.2 Å². The van der Waals surface area contributed by atoms with E-state index in [0.717, 1.165) is 28.1 Å². The van der Waals surface area contributed by atoms with Gasteiger partial charge in [-0.3, -0.25) is 9.59 Å². The van der Waals surface area contributed by atoms with Crippen molar-refractivity contribution < 1.29 is 9.59 Å². The van der Waals surface area contributed by atoms with Crippen LogP contribution in [0.1, 0.15) is 35.0 Å². The van der Waals surface area contributed by atoms with Gasteiger partial charge in [-0.25, -0.2) is 4.90 Å². The summed E-state index contributed by atoms with van der Waals surface area (Å²) in [6, 6.07) is 18.9. The first-order valence-electron chi connectivity index (χ1n) is 10.6. The quantitative estimate of drug-likeness (QED) is 0.593. The molecular weight excluding hydrogens is 386 g/mol. The van der Waals surface area contributed by atoms with Crippen LogP contribution in [-0.4, -0.2) is 29.4 Å². The van der Waals surface area contributed by atoms with Gasteiger partial charge in [-0.05, 0) is 56.1 Å². The Hall–Kier alpha value is -3.44. The van der Waals surface area contributed by atoms with E-state index in [0.29, 0.717) is 24.2 Å². The molecule has 31 heavy (non-hydrogen) atoms. The van der Waals surface area contributed by atoms with Crippen LogP contribution in [-0.2, 0) is 16.0 Å². The van der Waals surface area contributed by atoms with Crippen LogP contribution < -0.4 is 10.2 Å². The van der Waals surface area contributed by atoms with Gasteiger partial charge in [-0.2, -0.15) is 0 Å². The lowest BCUT2D eigenvalue weighted by Gasteiger charge is -2.23. The van der Waals surface area contributed by atoms with Gasteiger partial charge in [-0.15, -0.1) is 0 Å². The third kappa shape index (κ3) is 4.09. The number of carbonyl (C=O) groups is 2. The smallest absolute Gasteiger partial charge is 0.265 e. The van der Waals surface area contributed by atoms with Gasteiger partial charge >= 0.3 is 0 Å². The lowest BCUT2D eigenvalue weighted by atomic mass is 10.0. The molecular formula is C26H27N3O2. The number of carbonyl (C=O) groups excluding carboxylic acids is 2. The highest BCUT2D eigenvalue weighted by Gasteiger charge is 2.39. The molecule has 0 spiro atoms. The topological polar surface area (TPSA) is 65.2 Å². The van der Waals surface area contributed by atoms with E-state index < -0.39 is 6.04 Å². The number of rotatable bonds is 6. The number of hydrogen-bond donors (Lipinski definition) is 2. The molecule has 4 rings (SSSR count). The van der Waals surface area contributed by atoms with Gasteiger partial charge in [0.05, 0.1) is 17.3 Å². The first kappa shape index (κ1) is 20.8. The first-order valence-corrected chi connectivity index (χ1v) is 10.6. The van der Waals surface area contributed by atoms with Crippen LogP contribution in [0.15, 0.2) is 60.7 Å². The summed E-state index contributed by atoms with van der Waals surface area (Å²) in [6.07, 6.45) is 2.38. The van der Waals surface area contributed by atoms with E-state index in [-0.39, 0.29) is 11.8 Å². The molecule has 0 aliphatic carbocycles. The lowest BCUT2D eigenvalue weighted by molar-refractivity contribution is -0.125. The van der Waals surface area contributed by atoms with E-state index >= 15 is 0 Å². The molecule has 5 heteroatoms. The summed E-state index contributed by atoms with van der Waals surface area (Å²) in [5.74, 6) is -0.514. The minimum Gasteiger partial charge on any atom is -0.359 e. The van der Waals surface area contributed by atoms with E-state index in [1.54, 1.807) is 0 Å². The number of nitrogens with one attached hydrogen (secondary N) is 2. The fourth-order valence-electron chi connectivity index (χ4n) is 4.14. The second-order valence-electron chi connectivity index (χ2n) is 7.90. The summed E-state index contributed by atoms with van der Waals surface area (Å²) in [7, 11) is 0. The van der Waals surface area contributed by atoms with Crippen molar-refractivity contribution in [2.24, 2.45) is 0 Å². The first-order chi connectivity index (χ1) is 15.0. The Morgan fingerprint density at radius 3 is 2.48 bits per heavy atom. The highest BCUT2D eigenvalue weighted by molar-refractivity contribution is 6.42. The molecule has 0 bridgehead atoms. The molecule has 2 aromatic carbocycles. The Morgan fingerprint density at radius 1 is 1.10 bits per heavy atom. The van der Waals surface area contributed by atoms with Crippen LogP contribution in [0, 0.1) is 13.8 Å². The Bertz CT molecular complexity index is 1140. The molecule has 1 unspecified atom stereocenters. The van der Waals surface area contributed by atoms with Gasteiger partial charge in [0, 0.05) is 17.0 Å². The molecule has 1 aliphatic rings. The van der Waals surface area contributed by atoms with E-state index in [2.05, 4.69) is 10.3 Å². The predicted molar refractivity (Wildman–Crippen MR) is 125 cm³/mol. The largest absolute Gasteiger partial charge is 0.359 e. The third-order valence-corrected chi connectivity index (χ3v) is 5.60. The fraction of sp³-hybridized carbons (Fsp3) is 0.231. The number of hydrogen-bond acceptors (Lipinski definition) is 3.